The van der Waals surface area contributed by atoms with E-state index in [4.69, 9.17) is 5.73 Å². The zero-order valence-electron chi connectivity index (χ0n) is 8.95. The average molecular weight is 210 g/mol. The molecule has 2 atom stereocenters. The van der Waals surface area contributed by atoms with E-state index in [0.717, 1.165) is 31.8 Å². The highest BCUT2D eigenvalue weighted by molar-refractivity contribution is 5.15. The SMILES string of the molecule is CCNC1CC(c2nc(N)n[nH]2)CCN1. The number of nitrogens with two attached hydrogens (primary N) is 1. The number of H-pyrrole nitrogens is 1. The summed E-state index contributed by atoms with van der Waals surface area (Å²) in [6, 6.07) is 0. The highest BCUT2D eigenvalue weighted by Crippen LogP contribution is 2.24. The van der Waals surface area contributed by atoms with Gasteiger partial charge in [0.05, 0.1) is 6.17 Å². The lowest BCUT2D eigenvalue weighted by molar-refractivity contribution is 0.313. The molecule has 0 aromatic carbocycles. The van der Waals surface area contributed by atoms with Crippen molar-refractivity contribution >= 4 is 5.95 Å². The van der Waals surface area contributed by atoms with Crippen molar-refractivity contribution in [1.29, 1.82) is 0 Å². The van der Waals surface area contributed by atoms with Crippen molar-refractivity contribution in [1.82, 2.24) is 25.8 Å². The van der Waals surface area contributed by atoms with Crippen LogP contribution in [0.4, 0.5) is 5.95 Å². The first-order valence-corrected chi connectivity index (χ1v) is 5.44. The predicted molar refractivity (Wildman–Crippen MR) is 58.2 cm³/mol. The van der Waals surface area contributed by atoms with Gasteiger partial charge in [0.1, 0.15) is 5.82 Å². The third-order valence-corrected chi connectivity index (χ3v) is 2.76. The number of nitrogens with zero attached hydrogens (tertiary/aromatic N) is 2. The van der Waals surface area contributed by atoms with Gasteiger partial charge in [-0.1, -0.05) is 6.92 Å². The van der Waals surface area contributed by atoms with Crippen molar-refractivity contribution in [2.45, 2.75) is 31.8 Å². The molecule has 1 aliphatic heterocycles. The van der Waals surface area contributed by atoms with Crippen LogP contribution in [0.3, 0.4) is 0 Å². The highest BCUT2D eigenvalue weighted by Gasteiger charge is 2.24. The van der Waals surface area contributed by atoms with Crippen LogP contribution in [0.15, 0.2) is 0 Å². The van der Waals surface area contributed by atoms with Crippen LogP contribution in [0.25, 0.3) is 0 Å². The molecule has 5 N–H and O–H groups in total. The Morgan fingerprint density at radius 1 is 1.60 bits per heavy atom. The van der Waals surface area contributed by atoms with E-state index >= 15 is 0 Å². The Morgan fingerprint density at radius 2 is 2.47 bits per heavy atom. The molecular formula is C9H18N6. The fraction of sp³-hybridized carbons (Fsp3) is 0.778. The summed E-state index contributed by atoms with van der Waals surface area (Å²) in [5, 5.41) is 13.6. The minimum absolute atomic E-state index is 0.337. The van der Waals surface area contributed by atoms with E-state index in [9.17, 15) is 0 Å². The molecule has 1 aromatic rings. The third-order valence-electron chi connectivity index (χ3n) is 2.76. The molecule has 1 fully saturated rings. The van der Waals surface area contributed by atoms with Gasteiger partial charge in [0.2, 0.25) is 5.95 Å². The Hall–Kier alpha value is -1.14. The maximum absolute atomic E-state index is 5.49. The molecule has 0 saturated carbocycles. The van der Waals surface area contributed by atoms with E-state index in [-0.39, 0.29) is 0 Å². The zero-order chi connectivity index (χ0) is 10.7. The Kier molecular flexibility index (Phi) is 3.17. The normalized spacial score (nSPS) is 26.7. The summed E-state index contributed by atoms with van der Waals surface area (Å²) >= 11 is 0. The minimum atomic E-state index is 0.337. The molecule has 15 heavy (non-hydrogen) atoms. The molecule has 1 aliphatic rings. The molecular weight excluding hydrogens is 192 g/mol. The van der Waals surface area contributed by atoms with Gasteiger partial charge in [0.25, 0.3) is 0 Å². The van der Waals surface area contributed by atoms with Gasteiger partial charge in [0, 0.05) is 5.92 Å². The first-order chi connectivity index (χ1) is 7.29. The van der Waals surface area contributed by atoms with E-state index in [1.54, 1.807) is 0 Å². The van der Waals surface area contributed by atoms with Gasteiger partial charge in [-0.3, -0.25) is 5.10 Å². The lowest BCUT2D eigenvalue weighted by atomic mass is 9.95. The van der Waals surface area contributed by atoms with Crippen molar-refractivity contribution in [2.75, 3.05) is 18.8 Å². The van der Waals surface area contributed by atoms with E-state index in [1.165, 1.54) is 0 Å². The summed E-state index contributed by atoms with van der Waals surface area (Å²) < 4.78 is 0. The number of nitrogen functional groups attached to an aromatic ring is 1. The Balaban J connectivity index is 1.98. The first kappa shape index (κ1) is 10.4. The van der Waals surface area contributed by atoms with Gasteiger partial charge < -0.3 is 16.4 Å². The number of hydrogen-bond donors (Lipinski definition) is 4. The maximum Gasteiger partial charge on any atom is 0.239 e. The molecule has 0 spiro atoms. The Labute approximate surface area is 89.0 Å². The molecule has 0 bridgehead atoms. The molecule has 2 unspecified atom stereocenters. The quantitative estimate of drug-likeness (QED) is 0.554. The van der Waals surface area contributed by atoms with Gasteiger partial charge in [-0.25, -0.2) is 0 Å². The van der Waals surface area contributed by atoms with Gasteiger partial charge in [-0.05, 0) is 25.9 Å². The van der Waals surface area contributed by atoms with Crippen LogP contribution in [0.5, 0.6) is 0 Å². The second kappa shape index (κ2) is 4.59. The molecule has 6 nitrogen and oxygen atoms in total. The van der Waals surface area contributed by atoms with Crippen LogP contribution in [0, 0.1) is 0 Å². The predicted octanol–water partition coefficient (Wildman–Crippen LogP) is -0.210. The van der Waals surface area contributed by atoms with Gasteiger partial charge >= 0.3 is 0 Å². The zero-order valence-corrected chi connectivity index (χ0v) is 8.95. The number of anilines is 1. The monoisotopic (exact) mass is 210 g/mol. The van der Waals surface area contributed by atoms with E-state index < -0.39 is 0 Å². The van der Waals surface area contributed by atoms with Crippen molar-refractivity contribution in [3.63, 3.8) is 0 Å². The summed E-state index contributed by atoms with van der Waals surface area (Å²) in [6.07, 6.45) is 2.49. The Morgan fingerprint density at radius 3 is 3.13 bits per heavy atom. The van der Waals surface area contributed by atoms with Gasteiger partial charge in [-0.15, -0.1) is 5.10 Å². The lowest BCUT2D eigenvalue weighted by Crippen LogP contribution is -2.47. The molecule has 2 heterocycles. The molecule has 0 amide bonds. The number of piperidine rings is 1. The smallest absolute Gasteiger partial charge is 0.239 e. The minimum Gasteiger partial charge on any atom is -0.367 e. The van der Waals surface area contributed by atoms with Crippen LogP contribution >= 0.6 is 0 Å². The third kappa shape index (κ3) is 2.45. The molecule has 0 radical (unpaired) electrons. The van der Waals surface area contributed by atoms with Crippen molar-refractivity contribution < 1.29 is 0 Å². The van der Waals surface area contributed by atoms with Crippen LogP contribution in [-0.2, 0) is 0 Å². The topological polar surface area (TPSA) is 91.7 Å². The first-order valence-electron chi connectivity index (χ1n) is 5.44. The molecule has 0 aliphatic carbocycles. The van der Waals surface area contributed by atoms with E-state index in [0.29, 0.717) is 18.0 Å². The lowest BCUT2D eigenvalue weighted by Gasteiger charge is -2.29. The summed E-state index contributed by atoms with van der Waals surface area (Å²) in [4.78, 5) is 4.18. The maximum atomic E-state index is 5.49. The van der Waals surface area contributed by atoms with E-state index in [1.807, 2.05) is 0 Å². The van der Waals surface area contributed by atoms with Crippen LogP contribution in [0.1, 0.15) is 31.5 Å². The van der Waals surface area contributed by atoms with Crippen LogP contribution in [-0.4, -0.2) is 34.4 Å². The second-order valence-corrected chi connectivity index (χ2v) is 3.86. The average Bonchev–Trinajstić information content (AvgIpc) is 2.66. The van der Waals surface area contributed by atoms with Crippen molar-refractivity contribution in [3.05, 3.63) is 5.82 Å². The number of rotatable bonds is 3. The van der Waals surface area contributed by atoms with Gasteiger partial charge in [0.15, 0.2) is 0 Å². The molecule has 1 aromatic heterocycles. The van der Waals surface area contributed by atoms with Crippen LogP contribution < -0.4 is 16.4 Å². The standard InChI is InChI=1S/C9H18N6/c1-2-11-7-5-6(3-4-12-7)8-13-9(10)15-14-8/h6-7,11-12H,2-5H2,1H3,(H3,10,13,14,15). The summed E-state index contributed by atoms with van der Waals surface area (Å²) in [5.41, 5.74) is 5.49. The van der Waals surface area contributed by atoms with Crippen LogP contribution in [0.2, 0.25) is 0 Å². The van der Waals surface area contributed by atoms with E-state index in [2.05, 4.69) is 32.7 Å². The summed E-state index contributed by atoms with van der Waals surface area (Å²) in [5.74, 6) is 1.68. The molecule has 2 rings (SSSR count). The largest absolute Gasteiger partial charge is 0.367 e. The molecule has 84 valence electrons. The number of aromatic nitrogens is 3. The Bertz CT molecular complexity index is 307. The van der Waals surface area contributed by atoms with Crippen molar-refractivity contribution in [3.8, 4) is 0 Å². The fourth-order valence-corrected chi connectivity index (χ4v) is 2.04. The molecule has 1 saturated heterocycles. The fourth-order valence-electron chi connectivity index (χ4n) is 2.04. The highest BCUT2D eigenvalue weighted by atomic mass is 15.3. The molecule has 6 heteroatoms. The number of hydrogen-bond acceptors (Lipinski definition) is 5. The second-order valence-electron chi connectivity index (χ2n) is 3.86. The summed E-state index contributed by atoms with van der Waals surface area (Å²) in [6.45, 7) is 4.09. The van der Waals surface area contributed by atoms with Gasteiger partial charge in [-0.2, -0.15) is 4.98 Å². The summed E-state index contributed by atoms with van der Waals surface area (Å²) in [7, 11) is 0. The number of aromatic amines is 1. The van der Waals surface area contributed by atoms with Crippen molar-refractivity contribution in [2.24, 2.45) is 0 Å². The number of nitrogens with one attached hydrogen (secondary N) is 3.